The fraction of sp³-hybridized carbons (Fsp3) is 0.300. The van der Waals surface area contributed by atoms with E-state index in [0.717, 1.165) is 0 Å². The van der Waals surface area contributed by atoms with Gasteiger partial charge in [0.25, 0.3) is 0 Å². The maximum atomic E-state index is 12.1. The van der Waals surface area contributed by atoms with E-state index >= 15 is 0 Å². The van der Waals surface area contributed by atoms with Crippen molar-refractivity contribution in [3.63, 3.8) is 0 Å². The minimum absolute atomic E-state index is 0.269. The van der Waals surface area contributed by atoms with Crippen LogP contribution >= 0.6 is 0 Å². The van der Waals surface area contributed by atoms with Gasteiger partial charge < -0.3 is 5.73 Å². The zero-order chi connectivity index (χ0) is 11.5. The molecule has 80 valence electrons. The van der Waals surface area contributed by atoms with Gasteiger partial charge in [-0.3, -0.25) is 0 Å². The number of halogens is 3. The molecule has 1 aromatic rings. The molecule has 1 unspecified atom stereocenters. The summed E-state index contributed by atoms with van der Waals surface area (Å²) in [4.78, 5) is 0. The highest BCUT2D eigenvalue weighted by molar-refractivity contribution is 5.31. The highest BCUT2D eigenvalue weighted by Crippen LogP contribution is 2.21. The Labute approximate surface area is 85.1 Å². The molecule has 0 saturated carbocycles. The van der Waals surface area contributed by atoms with Gasteiger partial charge >= 0.3 is 6.18 Å². The van der Waals surface area contributed by atoms with Crippen molar-refractivity contribution in [1.82, 2.24) is 0 Å². The second-order valence-electron chi connectivity index (χ2n) is 3.16. The Morgan fingerprint density at radius 1 is 1.27 bits per heavy atom. The van der Waals surface area contributed by atoms with Crippen LogP contribution < -0.4 is 5.73 Å². The summed E-state index contributed by atoms with van der Waals surface area (Å²) < 4.78 is 36.3. The molecule has 1 aromatic carbocycles. The van der Waals surface area contributed by atoms with Crippen LogP contribution in [-0.4, -0.2) is 12.2 Å². The molecule has 0 aliphatic carbocycles. The molecule has 0 amide bonds. The quantitative estimate of drug-likeness (QED) is 0.818. The van der Waals surface area contributed by atoms with Crippen molar-refractivity contribution in [3.05, 3.63) is 35.4 Å². The average molecular weight is 214 g/mol. The number of alkyl halides is 3. The molecule has 0 bridgehead atoms. The summed E-state index contributed by atoms with van der Waals surface area (Å²) >= 11 is 0. The predicted octanol–water partition coefficient (Wildman–Crippen LogP) is 1.99. The molecule has 2 nitrogen and oxygen atoms in total. The van der Waals surface area contributed by atoms with Crippen LogP contribution in [0.4, 0.5) is 13.2 Å². The largest absolute Gasteiger partial charge is 0.403 e. The molecule has 0 radical (unpaired) electrons. The molecular weight excluding hydrogens is 205 g/mol. The van der Waals surface area contributed by atoms with Crippen molar-refractivity contribution >= 4 is 0 Å². The fourth-order valence-corrected chi connectivity index (χ4v) is 1.09. The van der Waals surface area contributed by atoms with E-state index in [-0.39, 0.29) is 6.42 Å². The van der Waals surface area contributed by atoms with Crippen molar-refractivity contribution in [2.24, 2.45) is 5.73 Å². The van der Waals surface area contributed by atoms with Gasteiger partial charge in [0.15, 0.2) is 0 Å². The van der Waals surface area contributed by atoms with E-state index < -0.39 is 12.2 Å². The summed E-state index contributed by atoms with van der Waals surface area (Å²) in [5, 5.41) is 8.48. The van der Waals surface area contributed by atoms with E-state index in [4.69, 9.17) is 11.0 Å². The molecule has 0 heterocycles. The van der Waals surface area contributed by atoms with E-state index in [1.807, 2.05) is 6.07 Å². The third-order valence-corrected chi connectivity index (χ3v) is 1.96. The second kappa shape index (κ2) is 4.32. The van der Waals surface area contributed by atoms with Crippen molar-refractivity contribution in [1.29, 1.82) is 5.26 Å². The van der Waals surface area contributed by atoms with Gasteiger partial charge in [0, 0.05) is 0 Å². The summed E-state index contributed by atoms with van der Waals surface area (Å²) in [6, 6.07) is 5.92. The van der Waals surface area contributed by atoms with Gasteiger partial charge in [-0.1, -0.05) is 12.1 Å². The second-order valence-corrected chi connectivity index (χ2v) is 3.16. The molecule has 0 spiro atoms. The summed E-state index contributed by atoms with van der Waals surface area (Å²) in [6.07, 6.45) is -4.65. The summed E-state index contributed by atoms with van der Waals surface area (Å²) in [6.45, 7) is 0. The molecule has 0 aliphatic heterocycles. The Morgan fingerprint density at radius 2 is 1.80 bits per heavy atom. The predicted molar refractivity (Wildman–Crippen MR) is 48.9 cm³/mol. The van der Waals surface area contributed by atoms with E-state index in [9.17, 15) is 13.2 Å². The van der Waals surface area contributed by atoms with Crippen LogP contribution in [0.5, 0.6) is 0 Å². The molecule has 15 heavy (non-hydrogen) atoms. The SMILES string of the molecule is N#Cc1ccc(CC(N)C(F)(F)F)cc1. The Kier molecular flexibility index (Phi) is 3.32. The van der Waals surface area contributed by atoms with Crippen LogP contribution in [0, 0.1) is 11.3 Å². The molecule has 2 N–H and O–H groups in total. The first-order chi connectivity index (χ1) is 6.93. The first-order valence-corrected chi connectivity index (χ1v) is 4.25. The summed E-state index contributed by atoms with van der Waals surface area (Å²) in [7, 11) is 0. The van der Waals surface area contributed by atoms with Gasteiger partial charge in [0.05, 0.1) is 11.6 Å². The highest BCUT2D eigenvalue weighted by atomic mass is 19.4. The average Bonchev–Trinajstić information content (AvgIpc) is 2.17. The van der Waals surface area contributed by atoms with Gasteiger partial charge in [0.1, 0.15) is 6.04 Å². The molecule has 1 atom stereocenters. The molecule has 0 aromatic heterocycles. The molecular formula is C10H9F3N2. The first-order valence-electron chi connectivity index (χ1n) is 4.25. The number of hydrogen-bond acceptors (Lipinski definition) is 2. The summed E-state index contributed by atoms with van der Waals surface area (Å²) in [5.74, 6) is 0. The number of nitrogens with two attached hydrogens (primary N) is 1. The lowest BCUT2D eigenvalue weighted by atomic mass is 10.0. The van der Waals surface area contributed by atoms with Crippen molar-refractivity contribution in [2.75, 3.05) is 0 Å². The van der Waals surface area contributed by atoms with Crippen LogP contribution in [0.15, 0.2) is 24.3 Å². The van der Waals surface area contributed by atoms with E-state index in [2.05, 4.69) is 0 Å². The number of benzene rings is 1. The maximum Gasteiger partial charge on any atom is 0.403 e. The van der Waals surface area contributed by atoms with Crippen LogP contribution in [0.2, 0.25) is 0 Å². The van der Waals surface area contributed by atoms with E-state index in [1.54, 1.807) is 0 Å². The van der Waals surface area contributed by atoms with Crippen LogP contribution in [0.1, 0.15) is 11.1 Å². The smallest absolute Gasteiger partial charge is 0.320 e. The third-order valence-electron chi connectivity index (χ3n) is 1.96. The Morgan fingerprint density at radius 3 is 2.20 bits per heavy atom. The number of nitrogens with zero attached hydrogens (tertiary/aromatic N) is 1. The maximum absolute atomic E-state index is 12.1. The third kappa shape index (κ3) is 3.26. The van der Waals surface area contributed by atoms with Crippen molar-refractivity contribution < 1.29 is 13.2 Å². The van der Waals surface area contributed by atoms with Gasteiger partial charge in [-0.25, -0.2) is 0 Å². The number of hydrogen-bond donors (Lipinski definition) is 1. The lowest BCUT2D eigenvalue weighted by molar-refractivity contribution is -0.147. The molecule has 0 saturated heterocycles. The Bertz CT molecular complexity index is 362. The minimum atomic E-state index is -4.38. The zero-order valence-electron chi connectivity index (χ0n) is 7.75. The number of rotatable bonds is 2. The summed E-state index contributed by atoms with van der Waals surface area (Å²) in [5.41, 5.74) is 5.85. The zero-order valence-corrected chi connectivity index (χ0v) is 7.75. The van der Waals surface area contributed by atoms with Crippen LogP contribution in [0.3, 0.4) is 0 Å². The Hall–Kier alpha value is -1.54. The van der Waals surface area contributed by atoms with Gasteiger partial charge in [-0.15, -0.1) is 0 Å². The standard InChI is InChI=1S/C10H9F3N2/c11-10(12,13)9(15)5-7-1-3-8(6-14)4-2-7/h1-4,9H,5,15H2. The van der Waals surface area contributed by atoms with Gasteiger partial charge in [0.2, 0.25) is 0 Å². The van der Waals surface area contributed by atoms with Crippen LogP contribution in [0.25, 0.3) is 0 Å². The van der Waals surface area contributed by atoms with Gasteiger partial charge in [-0.05, 0) is 24.1 Å². The van der Waals surface area contributed by atoms with E-state index in [0.29, 0.717) is 11.1 Å². The van der Waals surface area contributed by atoms with E-state index in [1.165, 1.54) is 24.3 Å². The van der Waals surface area contributed by atoms with Crippen molar-refractivity contribution in [3.8, 4) is 6.07 Å². The Balaban J connectivity index is 2.70. The van der Waals surface area contributed by atoms with Crippen LogP contribution in [-0.2, 0) is 6.42 Å². The normalized spacial score (nSPS) is 13.3. The first kappa shape index (κ1) is 11.5. The highest BCUT2D eigenvalue weighted by Gasteiger charge is 2.36. The number of nitriles is 1. The molecule has 0 aliphatic rings. The fourth-order valence-electron chi connectivity index (χ4n) is 1.09. The molecule has 5 heteroatoms. The monoisotopic (exact) mass is 214 g/mol. The van der Waals surface area contributed by atoms with Gasteiger partial charge in [-0.2, -0.15) is 18.4 Å². The topological polar surface area (TPSA) is 49.8 Å². The lowest BCUT2D eigenvalue weighted by Crippen LogP contribution is -2.39. The molecule has 0 fully saturated rings. The lowest BCUT2D eigenvalue weighted by Gasteiger charge is -2.15. The van der Waals surface area contributed by atoms with Crippen molar-refractivity contribution in [2.45, 2.75) is 18.6 Å². The molecule has 1 rings (SSSR count). The minimum Gasteiger partial charge on any atom is -0.320 e.